The number of aryl methyl sites for hydroxylation is 2. The maximum atomic E-state index is 5.49. The molecule has 0 atom stereocenters. The van der Waals surface area contributed by atoms with Crippen molar-refractivity contribution in [3.8, 4) is 5.75 Å². The topological polar surface area (TPSA) is 31.5 Å². The zero-order chi connectivity index (χ0) is 17.2. The average Bonchev–Trinajstić information content (AvgIpc) is 3.03. The fraction of sp³-hybridized carbons (Fsp3) is 0.350. The number of hydrogen-bond donors (Lipinski definition) is 0. The van der Waals surface area contributed by atoms with Gasteiger partial charge < -0.3 is 9.30 Å². The quantitative estimate of drug-likeness (QED) is 0.513. The van der Waals surface area contributed by atoms with Crippen LogP contribution in [0.25, 0.3) is 27.8 Å². The zero-order valence-electron chi connectivity index (χ0n) is 15.1. The van der Waals surface area contributed by atoms with Gasteiger partial charge in [-0.05, 0) is 36.1 Å². The molecular formula is C20H23N3O. The molecule has 4 rings (SSSR count). The van der Waals surface area contributed by atoms with Crippen LogP contribution in [0.3, 0.4) is 0 Å². The van der Waals surface area contributed by atoms with Gasteiger partial charge >= 0.3 is 0 Å². The Labute approximate surface area is 141 Å². The van der Waals surface area contributed by atoms with E-state index in [1.807, 2.05) is 6.07 Å². The number of rotatable bonds is 1. The summed E-state index contributed by atoms with van der Waals surface area (Å²) in [4.78, 5) is 5.00. The van der Waals surface area contributed by atoms with Crippen LogP contribution in [-0.2, 0) is 12.5 Å². The summed E-state index contributed by atoms with van der Waals surface area (Å²) in [5, 5.41) is 0. The maximum absolute atomic E-state index is 5.49. The van der Waals surface area contributed by atoms with E-state index in [0.717, 1.165) is 28.1 Å². The molecular weight excluding hydrogens is 298 g/mol. The van der Waals surface area contributed by atoms with Crippen LogP contribution in [0.4, 0.5) is 0 Å². The second-order valence-corrected chi connectivity index (χ2v) is 7.49. The van der Waals surface area contributed by atoms with Crippen molar-refractivity contribution in [2.75, 3.05) is 7.11 Å². The van der Waals surface area contributed by atoms with Crippen molar-refractivity contribution >= 4 is 27.8 Å². The van der Waals surface area contributed by atoms with Crippen LogP contribution < -0.4 is 4.74 Å². The molecule has 0 aliphatic carbocycles. The lowest BCUT2D eigenvalue weighted by Gasteiger charge is -2.19. The summed E-state index contributed by atoms with van der Waals surface area (Å²) in [5.41, 5.74) is 7.06. The van der Waals surface area contributed by atoms with Crippen molar-refractivity contribution in [3.63, 3.8) is 0 Å². The second-order valence-electron chi connectivity index (χ2n) is 7.49. The van der Waals surface area contributed by atoms with E-state index < -0.39 is 0 Å². The molecule has 2 aromatic carbocycles. The first-order chi connectivity index (χ1) is 11.3. The van der Waals surface area contributed by atoms with Crippen molar-refractivity contribution in [1.29, 1.82) is 0 Å². The molecule has 0 N–H and O–H groups in total. The van der Waals surface area contributed by atoms with Gasteiger partial charge in [-0.3, -0.25) is 4.40 Å². The molecule has 0 unspecified atom stereocenters. The Kier molecular flexibility index (Phi) is 2.99. The third kappa shape index (κ3) is 1.83. The highest BCUT2D eigenvalue weighted by Gasteiger charge is 2.22. The summed E-state index contributed by atoms with van der Waals surface area (Å²) in [5.74, 6) is 1.87. The highest BCUT2D eigenvalue weighted by molar-refractivity contribution is 5.94. The molecule has 2 heterocycles. The molecule has 0 radical (unpaired) electrons. The summed E-state index contributed by atoms with van der Waals surface area (Å²) in [6.45, 7) is 8.81. The van der Waals surface area contributed by atoms with Gasteiger partial charge in [0.05, 0.1) is 29.2 Å². The first-order valence-electron chi connectivity index (χ1n) is 8.28. The summed E-state index contributed by atoms with van der Waals surface area (Å²) in [6.07, 6.45) is 0. The van der Waals surface area contributed by atoms with Gasteiger partial charge in [0.2, 0.25) is 5.78 Å². The first-order valence-corrected chi connectivity index (χ1v) is 8.28. The molecule has 0 aliphatic rings. The van der Waals surface area contributed by atoms with Gasteiger partial charge in [-0.1, -0.05) is 32.9 Å². The molecule has 124 valence electrons. The number of imidazole rings is 2. The number of methoxy groups -OCH3 is 1. The van der Waals surface area contributed by atoms with Crippen molar-refractivity contribution in [3.05, 3.63) is 41.5 Å². The Hall–Kier alpha value is -2.49. The molecule has 4 heteroatoms. The SMILES string of the molecule is COc1ccc2c(c1C)n(C)c1nc3c(C(C)(C)C)cccc3n21. The van der Waals surface area contributed by atoms with Gasteiger partial charge in [-0.25, -0.2) is 4.98 Å². The third-order valence-electron chi connectivity index (χ3n) is 4.93. The Bertz CT molecular complexity index is 1090. The van der Waals surface area contributed by atoms with E-state index in [4.69, 9.17) is 9.72 Å². The van der Waals surface area contributed by atoms with E-state index in [0.29, 0.717) is 0 Å². The van der Waals surface area contributed by atoms with Crippen LogP contribution in [0.2, 0.25) is 0 Å². The largest absolute Gasteiger partial charge is 0.496 e. The van der Waals surface area contributed by atoms with Crippen molar-refractivity contribution in [2.45, 2.75) is 33.1 Å². The maximum Gasteiger partial charge on any atom is 0.215 e. The molecule has 2 aromatic heterocycles. The lowest BCUT2D eigenvalue weighted by atomic mass is 9.86. The number of ether oxygens (including phenoxy) is 1. The fourth-order valence-corrected chi connectivity index (χ4v) is 3.75. The molecule has 4 aromatic rings. The van der Waals surface area contributed by atoms with Crippen molar-refractivity contribution in [2.24, 2.45) is 7.05 Å². The fourth-order valence-electron chi connectivity index (χ4n) is 3.75. The van der Waals surface area contributed by atoms with E-state index in [1.54, 1.807) is 7.11 Å². The predicted molar refractivity (Wildman–Crippen MR) is 99.2 cm³/mol. The van der Waals surface area contributed by atoms with Crippen LogP contribution >= 0.6 is 0 Å². The van der Waals surface area contributed by atoms with Crippen molar-refractivity contribution in [1.82, 2.24) is 14.0 Å². The summed E-state index contributed by atoms with van der Waals surface area (Å²) in [6, 6.07) is 10.6. The van der Waals surface area contributed by atoms with Crippen LogP contribution in [-0.4, -0.2) is 21.1 Å². The van der Waals surface area contributed by atoms with E-state index in [1.165, 1.54) is 16.6 Å². The number of aromatic nitrogens is 3. The molecule has 24 heavy (non-hydrogen) atoms. The lowest BCUT2D eigenvalue weighted by molar-refractivity contribution is 0.412. The van der Waals surface area contributed by atoms with Gasteiger partial charge in [0.15, 0.2) is 0 Å². The summed E-state index contributed by atoms with van der Waals surface area (Å²) < 4.78 is 9.91. The van der Waals surface area contributed by atoms with E-state index in [-0.39, 0.29) is 5.41 Å². The Morgan fingerprint density at radius 1 is 1.04 bits per heavy atom. The molecule has 0 bridgehead atoms. The monoisotopic (exact) mass is 321 g/mol. The minimum absolute atomic E-state index is 0.0619. The summed E-state index contributed by atoms with van der Waals surface area (Å²) >= 11 is 0. The van der Waals surface area contributed by atoms with E-state index >= 15 is 0 Å². The average molecular weight is 321 g/mol. The van der Waals surface area contributed by atoms with Crippen LogP contribution in [0, 0.1) is 6.92 Å². The van der Waals surface area contributed by atoms with Crippen LogP contribution in [0.15, 0.2) is 30.3 Å². The molecule has 4 nitrogen and oxygen atoms in total. The molecule has 0 saturated heterocycles. The minimum Gasteiger partial charge on any atom is -0.496 e. The smallest absolute Gasteiger partial charge is 0.215 e. The Morgan fingerprint density at radius 3 is 2.46 bits per heavy atom. The second kappa shape index (κ2) is 4.76. The lowest BCUT2D eigenvalue weighted by Crippen LogP contribution is -2.11. The van der Waals surface area contributed by atoms with E-state index in [2.05, 4.69) is 68.0 Å². The van der Waals surface area contributed by atoms with Crippen LogP contribution in [0.1, 0.15) is 31.9 Å². The molecule has 0 fully saturated rings. The Morgan fingerprint density at radius 2 is 1.79 bits per heavy atom. The third-order valence-corrected chi connectivity index (χ3v) is 4.93. The number of hydrogen-bond acceptors (Lipinski definition) is 2. The molecule has 0 saturated carbocycles. The normalized spacial score (nSPS) is 12.6. The zero-order valence-corrected chi connectivity index (χ0v) is 15.1. The number of benzene rings is 2. The predicted octanol–water partition coefficient (Wildman–Crippen LogP) is 4.59. The highest BCUT2D eigenvalue weighted by atomic mass is 16.5. The first kappa shape index (κ1) is 15.1. The standard InChI is InChI=1S/C20H23N3O/c1-12-16(24-6)11-10-15-18(12)22(5)19-21-17-13(20(2,3)4)8-7-9-14(17)23(15)19/h7-11H,1-6H3. The van der Waals surface area contributed by atoms with E-state index in [9.17, 15) is 0 Å². The minimum atomic E-state index is 0.0619. The van der Waals surface area contributed by atoms with Crippen LogP contribution in [0.5, 0.6) is 5.75 Å². The van der Waals surface area contributed by atoms with Gasteiger partial charge in [0.25, 0.3) is 0 Å². The van der Waals surface area contributed by atoms with Gasteiger partial charge in [0, 0.05) is 12.6 Å². The van der Waals surface area contributed by atoms with Crippen molar-refractivity contribution < 1.29 is 4.74 Å². The number of fused-ring (bicyclic) bond motifs is 5. The Balaban J connectivity index is 2.21. The van der Waals surface area contributed by atoms with Gasteiger partial charge in [-0.15, -0.1) is 0 Å². The molecule has 0 aliphatic heterocycles. The van der Waals surface area contributed by atoms with Gasteiger partial charge in [-0.2, -0.15) is 0 Å². The molecule has 0 spiro atoms. The molecule has 0 amide bonds. The highest BCUT2D eigenvalue weighted by Crippen LogP contribution is 2.35. The summed E-state index contributed by atoms with van der Waals surface area (Å²) in [7, 11) is 3.79. The number of para-hydroxylation sites is 1. The number of nitrogens with zero attached hydrogens (tertiary/aromatic N) is 3. The van der Waals surface area contributed by atoms with Gasteiger partial charge in [0.1, 0.15) is 5.75 Å².